The molecule has 0 radical (unpaired) electrons. The highest BCUT2D eigenvalue weighted by Gasteiger charge is 2.32. The summed E-state index contributed by atoms with van der Waals surface area (Å²) in [5, 5.41) is 15.0. The molecular formula is C11H21N5O2S. The number of nitrogens with zero attached hydrogens (tertiary/aromatic N) is 4. The minimum Gasteiger partial charge on any atom is -0.465 e. The van der Waals surface area contributed by atoms with E-state index in [9.17, 15) is 4.79 Å². The van der Waals surface area contributed by atoms with Crippen molar-refractivity contribution in [2.45, 2.75) is 37.4 Å². The average molecular weight is 287 g/mol. The van der Waals surface area contributed by atoms with E-state index in [4.69, 9.17) is 4.74 Å². The molecule has 0 aromatic carbocycles. The van der Waals surface area contributed by atoms with Gasteiger partial charge in [0.1, 0.15) is 5.54 Å². The third kappa shape index (κ3) is 4.46. The molecule has 0 saturated carbocycles. The van der Waals surface area contributed by atoms with E-state index in [1.165, 1.54) is 0 Å². The second-order valence-corrected chi connectivity index (χ2v) is 5.40. The molecule has 0 saturated heterocycles. The molecule has 0 aliphatic rings. The molecule has 0 spiro atoms. The Bertz CT molecular complexity index is 412. The van der Waals surface area contributed by atoms with Crippen molar-refractivity contribution in [3.63, 3.8) is 0 Å². The Labute approximate surface area is 117 Å². The highest BCUT2D eigenvalue weighted by Crippen LogP contribution is 2.19. The largest absolute Gasteiger partial charge is 0.465 e. The van der Waals surface area contributed by atoms with Crippen molar-refractivity contribution in [1.82, 2.24) is 25.5 Å². The van der Waals surface area contributed by atoms with Crippen LogP contribution in [0.25, 0.3) is 0 Å². The molecule has 1 aromatic rings. The fraction of sp³-hybridized carbons (Fsp3) is 0.818. The lowest BCUT2D eigenvalue weighted by molar-refractivity contribution is -0.150. The van der Waals surface area contributed by atoms with Crippen molar-refractivity contribution in [3.05, 3.63) is 0 Å². The fourth-order valence-electron chi connectivity index (χ4n) is 1.55. The van der Waals surface area contributed by atoms with Crippen molar-refractivity contribution >= 4 is 17.7 Å². The predicted octanol–water partition coefficient (Wildman–Crippen LogP) is 0.624. The first kappa shape index (κ1) is 15.9. The maximum absolute atomic E-state index is 11.8. The van der Waals surface area contributed by atoms with Crippen LogP contribution in [0.3, 0.4) is 0 Å². The molecule has 8 heteroatoms. The topological polar surface area (TPSA) is 81.9 Å². The number of aryl methyl sites for hydroxylation is 1. The molecule has 108 valence electrons. The third-order valence-electron chi connectivity index (χ3n) is 2.91. The SMILES string of the molecule is CCOC(=O)C(C)(CCCSc1nnnn1C)NC. The molecule has 1 N–H and O–H groups in total. The van der Waals surface area contributed by atoms with Gasteiger partial charge in [-0.15, -0.1) is 5.10 Å². The molecule has 0 bridgehead atoms. The van der Waals surface area contributed by atoms with Crippen LogP contribution in [0.1, 0.15) is 26.7 Å². The van der Waals surface area contributed by atoms with Crippen LogP contribution in [-0.2, 0) is 16.6 Å². The van der Waals surface area contributed by atoms with Gasteiger partial charge in [0.05, 0.1) is 6.61 Å². The summed E-state index contributed by atoms with van der Waals surface area (Å²) in [7, 11) is 3.58. The van der Waals surface area contributed by atoms with E-state index in [1.54, 1.807) is 30.5 Å². The van der Waals surface area contributed by atoms with Crippen molar-refractivity contribution in [2.24, 2.45) is 7.05 Å². The Morgan fingerprint density at radius 2 is 2.32 bits per heavy atom. The Balaban J connectivity index is 2.37. The summed E-state index contributed by atoms with van der Waals surface area (Å²) in [6, 6.07) is 0. The van der Waals surface area contributed by atoms with Gasteiger partial charge >= 0.3 is 5.97 Å². The van der Waals surface area contributed by atoms with Gasteiger partial charge in [0.2, 0.25) is 5.16 Å². The summed E-state index contributed by atoms with van der Waals surface area (Å²) in [6.45, 7) is 4.07. The van der Waals surface area contributed by atoms with Gasteiger partial charge in [0.15, 0.2) is 0 Å². The standard InChI is InChI=1S/C11H21N5O2S/c1-5-18-9(17)11(2,12-3)7-6-8-19-10-13-14-15-16(10)4/h12H,5-8H2,1-4H3. The smallest absolute Gasteiger partial charge is 0.326 e. The zero-order valence-electron chi connectivity index (χ0n) is 11.8. The highest BCUT2D eigenvalue weighted by molar-refractivity contribution is 7.99. The lowest BCUT2D eigenvalue weighted by atomic mass is 9.97. The summed E-state index contributed by atoms with van der Waals surface area (Å²) in [4.78, 5) is 11.8. The van der Waals surface area contributed by atoms with Gasteiger partial charge in [-0.2, -0.15) is 0 Å². The van der Waals surface area contributed by atoms with E-state index in [0.29, 0.717) is 13.0 Å². The normalized spacial score (nSPS) is 14.1. The number of likely N-dealkylation sites (N-methyl/N-ethyl adjacent to an activating group) is 1. The minimum absolute atomic E-state index is 0.206. The van der Waals surface area contributed by atoms with Gasteiger partial charge in [-0.1, -0.05) is 11.8 Å². The number of hydrogen-bond acceptors (Lipinski definition) is 7. The summed E-state index contributed by atoms with van der Waals surface area (Å²) < 4.78 is 6.71. The van der Waals surface area contributed by atoms with E-state index in [-0.39, 0.29) is 5.97 Å². The Hall–Kier alpha value is -1.15. The van der Waals surface area contributed by atoms with Crippen LogP contribution in [0, 0.1) is 0 Å². The number of hydrogen-bond donors (Lipinski definition) is 1. The van der Waals surface area contributed by atoms with Gasteiger partial charge in [0.25, 0.3) is 0 Å². The summed E-state index contributed by atoms with van der Waals surface area (Å²) in [6.07, 6.45) is 1.58. The van der Waals surface area contributed by atoms with Crippen LogP contribution >= 0.6 is 11.8 Å². The fourth-order valence-corrected chi connectivity index (χ4v) is 2.34. The highest BCUT2D eigenvalue weighted by atomic mass is 32.2. The molecule has 1 atom stereocenters. The van der Waals surface area contributed by atoms with Gasteiger partial charge in [-0.3, -0.25) is 4.79 Å². The Morgan fingerprint density at radius 3 is 2.84 bits per heavy atom. The second-order valence-electron chi connectivity index (χ2n) is 4.34. The van der Waals surface area contributed by atoms with Crippen molar-refractivity contribution in [2.75, 3.05) is 19.4 Å². The van der Waals surface area contributed by atoms with Gasteiger partial charge < -0.3 is 10.1 Å². The molecular weight excluding hydrogens is 266 g/mol. The minimum atomic E-state index is -0.630. The Morgan fingerprint density at radius 1 is 1.58 bits per heavy atom. The number of rotatable bonds is 8. The summed E-state index contributed by atoms with van der Waals surface area (Å²) in [5.41, 5.74) is -0.630. The molecule has 1 aromatic heterocycles. The molecule has 1 heterocycles. The molecule has 0 fully saturated rings. The molecule has 19 heavy (non-hydrogen) atoms. The maximum atomic E-state index is 11.8. The third-order valence-corrected chi connectivity index (χ3v) is 4.01. The van der Waals surface area contributed by atoms with Crippen molar-refractivity contribution in [3.8, 4) is 0 Å². The zero-order chi connectivity index (χ0) is 14.3. The van der Waals surface area contributed by atoms with Crippen molar-refractivity contribution < 1.29 is 9.53 Å². The van der Waals surface area contributed by atoms with Gasteiger partial charge in [0, 0.05) is 12.8 Å². The average Bonchev–Trinajstić information content (AvgIpc) is 2.80. The van der Waals surface area contributed by atoms with E-state index in [2.05, 4.69) is 20.8 Å². The number of thioether (sulfide) groups is 1. The number of carbonyl (C=O) groups is 1. The number of aromatic nitrogens is 4. The first-order valence-corrected chi connectivity index (χ1v) is 7.23. The number of esters is 1. The number of ether oxygens (including phenoxy) is 1. The lowest BCUT2D eigenvalue weighted by Gasteiger charge is -2.26. The number of carbonyl (C=O) groups excluding carboxylic acids is 1. The van der Waals surface area contributed by atoms with E-state index in [0.717, 1.165) is 17.3 Å². The maximum Gasteiger partial charge on any atom is 0.326 e. The Kier molecular flexibility index (Phi) is 6.23. The van der Waals surface area contributed by atoms with Crippen LogP contribution in [-0.4, -0.2) is 51.1 Å². The van der Waals surface area contributed by atoms with Gasteiger partial charge in [-0.05, 0) is 44.2 Å². The van der Waals surface area contributed by atoms with Crippen LogP contribution in [0.5, 0.6) is 0 Å². The van der Waals surface area contributed by atoms with Crippen LogP contribution in [0.15, 0.2) is 5.16 Å². The first-order valence-electron chi connectivity index (χ1n) is 6.24. The predicted molar refractivity (Wildman–Crippen MR) is 72.9 cm³/mol. The lowest BCUT2D eigenvalue weighted by Crippen LogP contribution is -2.48. The van der Waals surface area contributed by atoms with Crippen LogP contribution < -0.4 is 5.32 Å². The van der Waals surface area contributed by atoms with Crippen LogP contribution in [0.4, 0.5) is 0 Å². The van der Waals surface area contributed by atoms with E-state index in [1.807, 2.05) is 13.8 Å². The van der Waals surface area contributed by atoms with Crippen molar-refractivity contribution in [1.29, 1.82) is 0 Å². The number of tetrazole rings is 1. The molecule has 0 aliphatic carbocycles. The molecule has 7 nitrogen and oxygen atoms in total. The summed E-state index contributed by atoms with van der Waals surface area (Å²) >= 11 is 1.58. The van der Waals surface area contributed by atoms with Gasteiger partial charge in [-0.25, -0.2) is 4.68 Å². The van der Waals surface area contributed by atoms with E-state index < -0.39 is 5.54 Å². The zero-order valence-corrected chi connectivity index (χ0v) is 12.7. The molecule has 1 rings (SSSR count). The van der Waals surface area contributed by atoms with E-state index >= 15 is 0 Å². The summed E-state index contributed by atoms with van der Waals surface area (Å²) in [5.74, 6) is 0.646. The first-order chi connectivity index (χ1) is 9.03. The number of nitrogens with one attached hydrogen (secondary N) is 1. The van der Waals surface area contributed by atoms with Crippen LogP contribution in [0.2, 0.25) is 0 Å². The second kappa shape index (κ2) is 7.44. The molecule has 0 amide bonds. The monoisotopic (exact) mass is 287 g/mol. The quantitative estimate of drug-likeness (QED) is 0.426. The molecule has 0 aliphatic heterocycles. The molecule has 1 unspecified atom stereocenters.